The summed E-state index contributed by atoms with van der Waals surface area (Å²) in [6.07, 6.45) is 3.79. The van der Waals surface area contributed by atoms with Crippen LogP contribution < -0.4 is 5.32 Å². The van der Waals surface area contributed by atoms with E-state index in [1.807, 2.05) is 0 Å². The van der Waals surface area contributed by atoms with E-state index in [0.717, 1.165) is 13.2 Å². The highest BCUT2D eigenvalue weighted by Gasteiger charge is 2.29. The SMILES string of the molecule is C[C@@H]1CCC[C@H](C2OCCO2)N1. The van der Waals surface area contributed by atoms with Gasteiger partial charge in [-0.25, -0.2) is 0 Å². The quantitative estimate of drug-likeness (QED) is 0.635. The van der Waals surface area contributed by atoms with Crippen LogP contribution in [0.15, 0.2) is 0 Å². The van der Waals surface area contributed by atoms with Crippen LogP contribution >= 0.6 is 0 Å². The summed E-state index contributed by atoms with van der Waals surface area (Å²) < 4.78 is 10.9. The monoisotopic (exact) mass is 171 g/mol. The van der Waals surface area contributed by atoms with E-state index in [2.05, 4.69) is 12.2 Å². The highest BCUT2D eigenvalue weighted by molar-refractivity contribution is 4.81. The molecule has 2 fully saturated rings. The van der Waals surface area contributed by atoms with Gasteiger partial charge in [0.15, 0.2) is 6.29 Å². The summed E-state index contributed by atoms with van der Waals surface area (Å²) in [6, 6.07) is 1.05. The van der Waals surface area contributed by atoms with Crippen molar-refractivity contribution < 1.29 is 9.47 Å². The van der Waals surface area contributed by atoms with Crippen LogP contribution in [0.5, 0.6) is 0 Å². The van der Waals surface area contributed by atoms with E-state index in [9.17, 15) is 0 Å². The smallest absolute Gasteiger partial charge is 0.172 e. The summed E-state index contributed by atoms with van der Waals surface area (Å²) in [7, 11) is 0. The number of rotatable bonds is 1. The summed E-state index contributed by atoms with van der Waals surface area (Å²) in [5, 5.41) is 3.51. The van der Waals surface area contributed by atoms with Crippen LogP contribution in [0.1, 0.15) is 26.2 Å². The summed E-state index contributed by atoms with van der Waals surface area (Å²) in [5.41, 5.74) is 0. The van der Waals surface area contributed by atoms with Gasteiger partial charge < -0.3 is 14.8 Å². The Morgan fingerprint density at radius 2 is 1.92 bits per heavy atom. The number of piperidine rings is 1. The fraction of sp³-hybridized carbons (Fsp3) is 1.00. The van der Waals surface area contributed by atoms with Crippen molar-refractivity contribution in [2.24, 2.45) is 0 Å². The molecule has 0 aliphatic carbocycles. The Balaban J connectivity index is 1.85. The Hall–Kier alpha value is -0.120. The minimum absolute atomic E-state index is 0.0211. The summed E-state index contributed by atoms with van der Waals surface area (Å²) >= 11 is 0. The van der Waals surface area contributed by atoms with E-state index in [-0.39, 0.29) is 6.29 Å². The summed E-state index contributed by atoms with van der Waals surface area (Å²) in [6.45, 7) is 3.75. The Kier molecular flexibility index (Phi) is 2.63. The molecule has 2 atom stereocenters. The first-order valence-corrected chi connectivity index (χ1v) is 4.85. The molecule has 0 aromatic rings. The molecular weight excluding hydrogens is 154 g/mol. The van der Waals surface area contributed by atoms with Gasteiger partial charge in [0, 0.05) is 6.04 Å². The largest absolute Gasteiger partial charge is 0.349 e. The molecule has 0 aromatic heterocycles. The van der Waals surface area contributed by atoms with Crippen LogP contribution in [0.3, 0.4) is 0 Å². The van der Waals surface area contributed by atoms with Crippen molar-refractivity contribution in [1.82, 2.24) is 5.32 Å². The molecule has 0 amide bonds. The van der Waals surface area contributed by atoms with Gasteiger partial charge in [-0.2, -0.15) is 0 Å². The number of hydrogen-bond acceptors (Lipinski definition) is 3. The molecule has 0 unspecified atom stereocenters. The molecule has 2 heterocycles. The molecule has 0 saturated carbocycles. The second-order valence-corrected chi connectivity index (χ2v) is 3.72. The van der Waals surface area contributed by atoms with E-state index in [1.165, 1.54) is 19.3 Å². The van der Waals surface area contributed by atoms with E-state index in [4.69, 9.17) is 9.47 Å². The average Bonchev–Trinajstić information content (AvgIpc) is 2.56. The first kappa shape index (κ1) is 8.48. The molecule has 0 radical (unpaired) electrons. The highest BCUT2D eigenvalue weighted by atomic mass is 16.7. The normalized spacial score (nSPS) is 38.8. The van der Waals surface area contributed by atoms with Crippen molar-refractivity contribution in [3.8, 4) is 0 Å². The lowest BCUT2D eigenvalue weighted by molar-refractivity contribution is -0.0755. The molecule has 0 bridgehead atoms. The van der Waals surface area contributed by atoms with Crippen LogP contribution in [0.25, 0.3) is 0 Å². The van der Waals surface area contributed by atoms with Gasteiger partial charge in [0.05, 0.1) is 19.3 Å². The molecule has 2 aliphatic rings. The second-order valence-electron chi connectivity index (χ2n) is 3.72. The minimum Gasteiger partial charge on any atom is -0.349 e. The fourth-order valence-corrected chi connectivity index (χ4v) is 2.00. The van der Waals surface area contributed by atoms with Crippen LogP contribution in [-0.2, 0) is 9.47 Å². The van der Waals surface area contributed by atoms with Crippen molar-refractivity contribution in [3.63, 3.8) is 0 Å². The van der Waals surface area contributed by atoms with Crippen LogP contribution in [0, 0.1) is 0 Å². The van der Waals surface area contributed by atoms with Crippen molar-refractivity contribution in [2.75, 3.05) is 13.2 Å². The maximum atomic E-state index is 5.46. The van der Waals surface area contributed by atoms with E-state index < -0.39 is 0 Å². The van der Waals surface area contributed by atoms with Crippen LogP contribution in [0.4, 0.5) is 0 Å². The molecule has 0 aromatic carbocycles. The Bertz CT molecular complexity index is 145. The van der Waals surface area contributed by atoms with Crippen LogP contribution in [0.2, 0.25) is 0 Å². The molecule has 2 rings (SSSR count). The Morgan fingerprint density at radius 1 is 1.17 bits per heavy atom. The first-order chi connectivity index (χ1) is 5.86. The standard InChI is InChI=1S/C9H17NO2/c1-7-3-2-4-8(10-7)9-11-5-6-12-9/h7-10H,2-6H2,1H3/t7-,8-/m1/s1. The van der Waals surface area contributed by atoms with Crippen molar-refractivity contribution in [2.45, 2.75) is 44.6 Å². The zero-order valence-electron chi connectivity index (χ0n) is 7.58. The lowest BCUT2D eigenvalue weighted by atomic mass is 9.99. The lowest BCUT2D eigenvalue weighted by Gasteiger charge is -2.31. The second kappa shape index (κ2) is 3.73. The van der Waals surface area contributed by atoms with E-state index in [0.29, 0.717) is 12.1 Å². The fourth-order valence-electron chi connectivity index (χ4n) is 2.00. The van der Waals surface area contributed by atoms with Gasteiger partial charge >= 0.3 is 0 Å². The van der Waals surface area contributed by atoms with Gasteiger partial charge in [-0.3, -0.25) is 0 Å². The zero-order valence-corrected chi connectivity index (χ0v) is 7.58. The number of hydrogen-bond donors (Lipinski definition) is 1. The Morgan fingerprint density at radius 3 is 2.58 bits per heavy atom. The van der Waals surface area contributed by atoms with Crippen molar-refractivity contribution in [3.05, 3.63) is 0 Å². The third-order valence-electron chi connectivity index (χ3n) is 2.63. The minimum atomic E-state index is 0.0211. The highest BCUT2D eigenvalue weighted by Crippen LogP contribution is 2.19. The van der Waals surface area contributed by atoms with E-state index in [1.54, 1.807) is 0 Å². The predicted molar refractivity (Wildman–Crippen MR) is 45.9 cm³/mol. The third-order valence-corrected chi connectivity index (χ3v) is 2.63. The summed E-state index contributed by atoms with van der Waals surface area (Å²) in [5.74, 6) is 0. The molecule has 2 saturated heterocycles. The zero-order chi connectivity index (χ0) is 8.39. The van der Waals surface area contributed by atoms with Crippen LogP contribution in [-0.4, -0.2) is 31.6 Å². The molecule has 1 N–H and O–H groups in total. The first-order valence-electron chi connectivity index (χ1n) is 4.85. The topological polar surface area (TPSA) is 30.5 Å². The number of nitrogens with one attached hydrogen (secondary N) is 1. The van der Waals surface area contributed by atoms with Crippen molar-refractivity contribution in [1.29, 1.82) is 0 Å². The molecule has 0 spiro atoms. The summed E-state index contributed by atoms with van der Waals surface area (Å²) in [4.78, 5) is 0. The maximum absolute atomic E-state index is 5.46. The van der Waals surface area contributed by atoms with Gasteiger partial charge in [0.25, 0.3) is 0 Å². The van der Waals surface area contributed by atoms with Gasteiger partial charge in [-0.05, 0) is 19.8 Å². The predicted octanol–water partition coefficient (Wildman–Crippen LogP) is 0.890. The molecule has 3 heteroatoms. The lowest BCUT2D eigenvalue weighted by Crippen LogP contribution is -2.47. The van der Waals surface area contributed by atoms with Gasteiger partial charge in [0.1, 0.15) is 0 Å². The maximum Gasteiger partial charge on any atom is 0.172 e. The van der Waals surface area contributed by atoms with Crippen molar-refractivity contribution >= 4 is 0 Å². The Labute approximate surface area is 73.4 Å². The average molecular weight is 171 g/mol. The molecule has 70 valence electrons. The molecule has 12 heavy (non-hydrogen) atoms. The molecular formula is C9H17NO2. The molecule has 3 nitrogen and oxygen atoms in total. The van der Waals surface area contributed by atoms with Gasteiger partial charge in [-0.1, -0.05) is 6.42 Å². The van der Waals surface area contributed by atoms with E-state index >= 15 is 0 Å². The molecule has 2 aliphatic heterocycles. The number of ether oxygens (including phenoxy) is 2. The van der Waals surface area contributed by atoms with Gasteiger partial charge in [-0.15, -0.1) is 0 Å². The van der Waals surface area contributed by atoms with Gasteiger partial charge in [0.2, 0.25) is 0 Å². The third kappa shape index (κ3) is 1.79.